The van der Waals surface area contributed by atoms with E-state index in [0.29, 0.717) is 26.2 Å². The molecule has 0 saturated heterocycles. The van der Waals surface area contributed by atoms with Crippen molar-refractivity contribution in [3.63, 3.8) is 0 Å². The van der Waals surface area contributed by atoms with Crippen molar-refractivity contribution < 1.29 is 19.0 Å². The molecule has 0 aromatic rings. The van der Waals surface area contributed by atoms with Crippen molar-refractivity contribution in [2.75, 3.05) is 19.8 Å². The van der Waals surface area contributed by atoms with Gasteiger partial charge in [-0.15, -0.1) is 0 Å². The second-order valence-corrected chi connectivity index (χ2v) is 2.76. The molecule has 0 amide bonds. The van der Waals surface area contributed by atoms with Crippen LogP contribution in [0.3, 0.4) is 0 Å². The molecule has 0 fully saturated rings. The number of ether oxygens (including phenoxy) is 3. The van der Waals surface area contributed by atoms with Crippen LogP contribution in [0.15, 0.2) is 12.3 Å². The lowest BCUT2D eigenvalue weighted by atomic mass is 10.2. The first kappa shape index (κ1) is 14.0. The van der Waals surface area contributed by atoms with Gasteiger partial charge in [0.05, 0.1) is 19.5 Å². The fraction of sp³-hybridized carbons (Fsp3) is 0.727. The molecule has 0 aliphatic carbocycles. The lowest BCUT2D eigenvalue weighted by Gasteiger charge is -2.13. The van der Waals surface area contributed by atoms with Crippen LogP contribution in [0.1, 0.15) is 27.2 Å². The van der Waals surface area contributed by atoms with E-state index < -0.39 is 6.10 Å². The summed E-state index contributed by atoms with van der Waals surface area (Å²) in [5.41, 5.74) is 0. The second-order valence-electron chi connectivity index (χ2n) is 2.76. The molecule has 0 aliphatic rings. The van der Waals surface area contributed by atoms with Gasteiger partial charge in [-0.2, -0.15) is 0 Å². The first-order valence-corrected chi connectivity index (χ1v) is 5.31. The highest BCUT2D eigenvalue weighted by atomic mass is 16.6. The highest BCUT2D eigenvalue weighted by Gasteiger charge is 2.17. The normalized spacial score (nSPS) is 12.7. The molecule has 0 aromatic heterocycles. The smallest absolute Gasteiger partial charge is 0.335 e. The zero-order valence-electron chi connectivity index (χ0n) is 9.69. The van der Waals surface area contributed by atoms with Gasteiger partial charge in [0, 0.05) is 13.0 Å². The van der Waals surface area contributed by atoms with Crippen molar-refractivity contribution >= 4 is 5.97 Å². The van der Waals surface area contributed by atoms with Crippen LogP contribution < -0.4 is 0 Å². The Morgan fingerprint density at radius 3 is 2.47 bits per heavy atom. The Morgan fingerprint density at radius 1 is 1.20 bits per heavy atom. The molecule has 0 spiro atoms. The van der Waals surface area contributed by atoms with E-state index in [9.17, 15) is 4.79 Å². The Hall–Kier alpha value is -1.03. The summed E-state index contributed by atoms with van der Waals surface area (Å²) < 4.78 is 15.1. The van der Waals surface area contributed by atoms with Gasteiger partial charge in [0.1, 0.15) is 0 Å². The fourth-order valence-corrected chi connectivity index (χ4v) is 1.01. The Kier molecular flexibility index (Phi) is 8.87. The molecule has 1 unspecified atom stereocenters. The maximum Gasteiger partial charge on any atom is 0.335 e. The molecule has 4 nitrogen and oxygen atoms in total. The van der Waals surface area contributed by atoms with Gasteiger partial charge < -0.3 is 14.2 Å². The maximum absolute atomic E-state index is 11.4. The van der Waals surface area contributed by atoms with E-state index in [0.717, 1.165) is 0 Å². The summed E-state index contributed by atoms with van der Waals surface area (Å²) in [7, 11) is 0. The van der Waals surface area contributed by atoms with Gasteiger partial charge >= 0.3 is 5.97 Å². The monoisotopic (exact) mass is 216 g/mol. The van der Waals surface area contributed by atoms with Gasteiger partial charge in [-0.1, -0.05) is 0 Å². The van der Waals surface area contributed by atoms with Crippen molar-refractivity contribution in [2.24, 2.45) is 0 Å². The van der Waals surface area contributed by atoms with Crippen LogP contribution in [-0.2, 0) is 19.0 Å². The molecular formula is C11H20O4. The van der Waals surface area contributed by atoms with E-state index in [1.54, 1.807) is 19.3 Å². The average molecular weight is 216 g/mol. The minimum atomic E-state index is -0.522. The Morgan fingerprint density at radius 2 is 1.93 bits per heavy atom. The third kappa shape index (κ3) is 6.96. The van der Waals surface area contributed by atoms with Gasteiger partial charge in [0.2, 0.25) is 0 Å². The molecular weight excluding hydrogens is 196 g/mol. The SMILES string of the molecule is CCOC=CCC(OCC)C(=O)OCC. The first-order chi connectivity index (χ1) is 7.26. The lowest BCUT2D eigenvalue weighted by molar-refractivity contribution is -0.156. The molecule has 1 atom stereocenters. The van der Waals surface area contributed by atoms with Crippen LogP contribution in [0.25, 0.3) is 0 Å². The summed E-state index contributed by atoms with van der Waals surface area (Å²) in [6.45, 7) is 7.00. The molecule has 0 aromatic carbocycles. The van der Waals surface area contributed by atoms with E-state index >= 15 is 0 Å². The quantitative estimate of drug-likeness (QED) is 0.459. The van der Waals surface area contributed by atoms with Crippen LogP contribution >= 0.6 is 0 Å². The minimum Gasteiger partial charge on any atom is -0.502 e. The molecule has 0 radical (unpaired) electrons. The summed E-state index contributed by atoms with van der Waals surface area (Å²) in [5.74, 6) is -0.319. The zero-order chi connectivity index (χ0) is 11.5. The van der Waals surface area contributed by atoms with Crippen LogP contribution in [0, 0.1) is 0 Å². The number of hydrogen-bond donors (Lipinski definition) is 0. The summed E-state index contributed by atoms with van der Waals surface area (Å²) in [4.78, 5) is 11.4. The van der Waals surface area contributed by atoms with E-state index in [2.05, 4.69) is 0 Å². The number of carbonyl (C=O) groups excluding carboxylic acids is 1. The van der Waals surface area contributed by atoms with E-state index in [1.165, 1.54) is 0 Å². The Bertz CT molecular complexity index is 189. The summed E-state index contributed by atoms with van der Waals surface area (Å²) in [6, 6.07) is 0. The molecule has 15 heavy (non-hydrogen) atoms. The van der Waals surface area contributed by atoms with Crippen molar-refractivity contribution in [1.29, 1.82) is 0 Å². The molecule has 0 rings (SSSR count). The second kappa shape index (κ2) is 9.52. The molecule has 0 bridgehead atoms. The number of rotatable bonds is 8. The number of hydrogen-bond acceptors (Lipinski definition) is 4. The largest absolute Gasteiger partial charge is 0.502 e. The highest BCUT2D eigenvalue weighted by Crippen LogP contribution is 2.03. The van der Waals surface area contributed by atoms with Crippen LogP contribution in [0.4, 0.5) is 0 Å². The van der Waals surface area contributed by atoms with E-state index in [4.69, 9.17) is 14.2 Å². The van der Waals surface area contributed by atoms with Crippen molar-refractivity contribution in [1.82, 2.24) is 0 Å². The maximum atomic E-state index is 11.4. The fourth-order valence-electron chi connectivity index (χ4n) is 1.01. The Balaban J connectivity index is 3.97. The van der Waals surface area contributed by atoms with Gasteiger partial charge in [0.15, 0.2) is 6.10 Å². The summed E-state index contributed by atoms with van der Waals surface area (Å²) in [5, 5.41) is 0. The standard InChI is InChI=1S/C11H20O4/c1-4-13-9-7-8-10(14-5-2)11(12)15-6-3/h7,9-10H,4-6,8H2,1-3H3. The molecule has 0 aliphatic heterocycles. The van der Waals surface area contributed by atoms with Crippen LogP contribution in [-0.4, -0.2) is 31.9 Å². The number of carbonyl (C=O) groups is 1. The van der Waals surface area contributed by atoms with Gasteiger partial charge in [-0.05, 0) is 26.8 Å². The van der Waals surface area contributed by atoms with Crippen LogP contribution in [0.2, 0.25) is 0 Å². The zero-order valence-corrected chi connectivity index (χ0v) is 9.69. The summed E-state index contributed by atoms with van der Waals surface area (Å²) >= 11 is 0. The highest BCUT2D eigenvalue weighted by molar-refractivity contribution is 5.74. The van der Waals surface area contributed by atoms with Crippen molar-refractivity contribution in [3.05, 3.63) is 12.3 Å². The molecule has 88 valence electrons. The number of esters is 1. The molecule has 0 heterocycles. The lowest BCUT2D eigenvalue weighted by Crippen LogP contribution is -2.26. The third-order valence-electron chi connectivity index (χ3n) is 1.63. The predicted molar refractivity (Wildman–Crippen MR) is 57.4 cm³/mol. The van der Waals surface area contributed by atoms with Crippen molar-refractivity contribution in [2.45, 2.75) is 33.3 Å². The van der Waals surface area contributed by atoms with Gasteiger partial charge in [-0.25, -0.2) is 4.79 Å². The topological polar surface area (TPSA) is 44.8 Å². The predicted octanol–water partition coefficient (Wildman–Crippen LogP) is 1.89. The van der Waals surface area contributed by atoms with E-state index in [1.807, 2.05) is 13.8 Å². The molecule has 4 heteroatoms. The molecule has 0 saturated carbocycles. The Labute approximate surface area is 91.2 Å². The average Bonchev–Trinajstić information content (AvgIpc) is 2.23. The minimum absolute atomic E-state index is 0.319. The first-order valence-electron chi connectivity index (χ1n) is 5.31. The summed E-state index contributed by atoms with van der Waals surface area (Å²) in [6.07, 6.45) is 3.30. The van der Waals surface area contributed by atoms with Crippen molar-refractivity contribution in [3.8, 4) is 0 Å². The van der Waals surface area contributed by atoms with Gasteiger partial charge in [-0.3, -0.25) is 0 Å². The van der Waals surface area contributed by atoms with Crippen LogP contribution in [0.5, 0.6) is 0 Å². The van der Waals surface area contributed by atoms with E-state index in [-0.39, 0.29) is 5.97 Å². The van der Waals surface area contributed by atoms with Gasteiger partial charge in [0.25, 0.3) is 0 Å². The third-order valence-corrected chi connectivity index (χ3v) is 1.63. The molecule has 0 N–H and O–H groups in total.